The minimum atomic E-state index is -0.719. The molecule has 0 radical (unpaired) electrons. The molecule has 3 heteroatoms. The highest BCUT2D eigenvalue weighted by molar-refractivity contribution is 6.31. The molecule has 0 bridgehead atoms. The summed E-state index contributed by atoms with van der Waals surface area (Å²) < 4.78 is 5.47. The number of ether oxygens (including phenoxy) is 1. The number of para-hydroxylation sites is 1. The molecule has 2 nitrogen and oxygen atoms in total. The van der Waals surface area contributed by atoms with Gasteiger partial charge in [-0.05, 0) is 18.2 Å². The van der Waals surface area contributed by atoms with Gasteiger partial charge in [0.05, 0.1) is 0 Å². The normalized spacial score (nSPS) is 12.1. The lowest BCUT2D eigenvalue weighted by atomic mass is 10.1. The van der Waals surface area contributed by atoms with Crippen LogP contribution < -0.4 is 4.74 Å². The summed E-state index contributed by atoms with van der Waals surface area (Å²) in [5.41, 5.74) is 0.685. The summed E-state index contributed by atoms with van der Waals surface area (Å²) in [5.74, 6) is 0.735. The van der Waals surface area contributed by atoms with Crippen molar-refractivity contribution in [1.29, 1.82) is 0 Å². The van der Waals surface area contributed by atoms with Crippen molar-refractivity contribution >= 4 is 11.6 Å². The molecule has 17 heavy (non-hydrogen) atoms. The summed E-state index contributed by atoms with van der Waals surface area (Å²) in [4.78, 5) is 0. The molecule has 2 rings (SSSR count). The van der Waals surface area contributed by atoms with Crippen LogP contribution in [0, 0.1) is 0 Å². The summed E-state index contributed by atoms with van der Waals surface area (Å²) in [5, 5.41) is 10.5. The lowest BCUT2D eigenvalue weighted by molar-refractivity contribution is 0.108. The van der Waals surface area contributed by atoms with Crippen LogP contribution in [0.5, 0.6) is 5.75 Å². The summed E-state index contributed by atoms with van der Waals surface area (Å²) in [7, 11) is 0. The van der Waals surface area contributed by atoms with E-state index in [9.17, 15) is 5.11 Å². The first-order chi connectivity index (χ1) is 8.27. The van der Waals surface area contributed by atoms with Crippen LogP contribution in [0.2, 0.25) is 5.02 Å². The van der Waals surface area contributed by atoms with Crippen molar-refractivity contribution in [2.75, 3.05) is 6.61 Å². The molecule has 0 saturated heterocycles. The molecule has 0 saturated carbocycles. The largest absolute Gasteiger partial charge is 0.491 e. The van der Waals surface area contributed by atoms with Crippen LogP contribution in [0.25, 0.3) is 0 Å². The third kappa shape index (κ3) is 3.22. The lowest BCUT2D eigenvalue weighted by Gasteiger charge is -2.13. The summed E-state index contributed by atoms with van der Waals surface area (Å²) in [6, 6.07) is 16.6. The van der Waals surface area contributed by atoms with E-state index >= 15 is 0 Å². The minimum absolute atomic E-state index is 0.188. The molecule has 1 unspecified atom stereocenters. The SMILES string of the molecule is OC(COc1ccccc1)c1ccccc1Cl. The van der Waals surface area contributed by atoms with Gasteiger partial charge >= 0.3 is 0 Å². The number of halogens is 1. The van der Waals surface area contributed by atoms with Gasteiger partial charge in [-0.15, -0.1) is 0 Å². The Balaban J connectivity index is 1.99. The van der Waals surface area contributed by atoms with Gasteiger partial charge in [0.25, 0.3) is 0 Å². The Kier molecular flexibility index (Phi) is 4.02. The van der Waals surface area contributed by atoms with Crippen molar-refractivity contribution in [2.45, 2.75) is 6.10 Å². The van der Waals surface area contributed by atoms with E-state index < -0.39 is 6.10 Å². The standard InChI is InChI=1S/C14H13ClO2/c15-13-9-5-4-8-12(13)14(16)10-17-11-6-2-1-3-7-11/h1-9,14,16H,10H2. The van der Waals surface area contributed by atoms with Crippen molar-refractivity contribution in [3.05, 3.63) is 65.2 Å². The van der Waals surface area contributed by atoms with E-state index in [1.165, 1.54) is 0 Å². The van der Waals surface area contributed by atoms with Crippen molar-refractivity contribution < 1.29 is 9.84 Å². The molecule has 0 aliphatic carbocycles. The number of benzene rings is 2. The minimum Gasteiger partial charge on any atom is -0.491 e. The Hall–Kier alpha value is -1.51. The maximum Gasteiger partial charge on any atom is 0.119 e. The van der Waals surface area contributed by atoms with E-state index in [0.29, 0.717) is 10.6 Å². The van der Waals surface area contributed by atoms with Crippen LogP contribution in [0.4, 0.5) is 0 Å². The predicted octanol–water partition coefficient (Wildman–Crippen LogP) is 3.45. The molecule has 0 aliphatic rings. The molecule has 0 aliphatic heterocycles. The molecule has 1 atom stereocenters. The Bertz CT molecular complexity index is 471. The Labute approximate surface area is 105 Å². The second-order valence-electron chi connectivity index (χ2n) is 3.66. The molecular weight excluding hydrogens is 236 g/mol. The highest BCUT2D eigenvalue weighted by atomic mass is 35.5. The fourth-order valence-electron chi connectivity index (χ4n) is 1.53. The van der Waals surface area contributed by atoms with Gasteiger partial charge in [0.1, 0.15) is 18.5 Å². The van der Waals surface area contributed by atoms with E-state index in [1.807, 2.05) is 42.5 Å². The zero-order chi connectivity index (χ0) is 12.1. The van der Waals surface area contributed by atoms with Gasteiger partial charge < -0.3 is 9.84 Å². The van der Waals surface area contributed by atoms with Crippen LogP contribution in [0.15, 0.2) is 54.6 Å². The van der Waals surface area contributed by atoms with Gasteiger partial charge in [-0.1, -0.05) is 48.0 Å². The average Bonchev–Trinajstić information content (AvgIpc) is 2.38. The zero-order valence-corrected chi connectivity index (χ0v) is 9.97. The second kappa shape index (κ2) is 5.71. The first-order valence-electron chi connectivity index (χ1n) is 5.37. The van der Waals surface area contributed by atoms with Gasteiger partial charge in [0.2, 0.25) is 0 Å². The first-order valence-corrected chi connectivity index (χ1v) is 5.75. The molecule has 2 aromatic rings. The molecule has 0 amide bonds. The van der Waals surface area contributed by atoms with Gasteiger partial charge in [0.15, 0.2) is 0 Å². The summed E-state index contributed by atoms with van der Waals surface area (Å²) in [6.07, 6.45) is -0.719. The molecular formula is C14H13ClO2. The quantitative estimate of drug-likeness (QED) is 0.898. The molecule has 0 fully saturated rings. The highest BCUT2D eigenvalue weighted by Gasteiger charge is 2.11. The van der Waals surface area contributed by atoms with Gasteiger partial charge in [-0.2, -0.15) is 0 Å². The molecule has 0 spiro atoms. The second-order valence-corrected chi connectivity index (χ2v) is 4.07. The Morgan fingerprint density at radius 2 is 1.65 bits per heavy atom. The maximum absolute atomic E-state index is 9.95. The fourth-order valence-corrected chi connectivity index (χ4v) is 1.79. The van der Waals surface area contributed by atoms with Crippen LogP contribution in [0.3, 0.4) is 0 Å². The monoisotopic (exact) mass is 248 g/mol. The first kappa shape index (κ1) is 12.0. The van der Waals surface area contributed by atoms with Crippen molar-refractivity contribution in [2.24, 2.45) is 0 Å². The van der Waals surface area contributed by atoms with Crippen molar-refractivity contribution in [3.63, 3.8) is 0 Å². The summed E-state index contributed by atoms with van der Waals surface area (Å²) in [6.45, 7) is 0.188. The average molecular weight is 249 g/mol. The van der Waals surface area contributed by atoms with Crippen LogP contribution in [-0.2, 0) is 0 Å². The highest BCUT2D eigenvalue weighted by Crippen LogP contribution is 2.23. The molecule has 2 aromatic carbocycles. The number of aliphatic hydroxyl groups excluding tert-OH is 1. The molecule has 1 N–H and O–H groups in total. The van der Waals surface area contributed by atoms with Crippen molar-refractivity contribution in [1.82, 2.24) is 0 Å². The lowest BCUT2D eigenvalue weighted by Crippen LogP contribution is -2.10. The summed E-state index contributed by atoms with van der Waals surface area (Å²) >= 11 is 5.99. The number of hydrogen-bond donors (Lipinski definition) is 1. The van der Waals surface area contributed by atoms with E-state index in [4.69, 9.17) is 16.3 Å². The topological polar surface area (TPSA) is 29.5 Å². The van der Waals surface area contributed by atoms with Crippen molar-refractivity contribution in [3.8, 4) is 5.75 Å². The van der Waals surface area contributed by atoms with Crippen LogP contribution >= 0.6 is 11.6 Å². The van der Waals surface area contributed by atoms with Crippen LogP contribution in [-0.4, -0.2) is 11.7 Å². The smallest absolute Gasteiger partial charge is 0.119 e. The Morgan fingerprint density at radius 3 is 2.35 bits per heavy atom. The third-order valence-electron chi connectivity index (χ3n) is 2.42. The number of hydrogen-bond acceptors (Lipinski definition) is 2. The van der Waals surface area contributed by atoms with E-state index in [1.54, 1.807) is 12.1 Å². The van der Waals surface area contributed by atoms with Gasteiger partial charge in [-0.3, -0.25) is 0 Å². The van der Waals surface area contributed by atoms with E-state index in [2.05, 4.69) is 0 Å². The van der Waals surface area contributed by atoms with Gasteiger partial charge in [-0.25, -0.2) is 0 Å². The predicted molar refractivity (Wildman–Crippen MR) is 68.3 cm³/mol. The van der Waals surface area contributed by atoms with E-state index in [0.717, 1.165) is 5.75 Å². The molecule has 88 valence electrons. The maximum atomic E-state index is 9.95. The van der Waals surface area contributed by atoms with Crippen LogP contribution in [0.1, 0.15) is 11.7 Å². The fraction of sp³-hybridized carbons (Fsp3) is 0.143. The number of aliphatic hydroxyl groups is 1. The Morgan fingerprint density at radius 1 is 1.00 bits per heavy atom. The van der Waals surface area contributed by atoms with Gasteiger partial charge in [0, 0.05) is 10.6 Å². The number of rotatable bonds is 4. The molecule has 0 aromatic heterocycles. The van der Waals surface area contributed by atoms with E-state index in [-0.39, 0.29) is 6.61 Å². The third-order valence-corrected chi connectivity index (χ3v) is 2.76. The molecule has 0 heterocycles. The zero-order valence-electron chi connectivity index (χ0n) is 9.21.